The smallest absolute Gasteiger partial charge is 0.193 e. The molecule has 0 amide bonds. The van der Waals surface area contributed by atoms with Crippen molar-refractivity contribution in [3.05, 3.63) is 119 Å². The molecule has 0 aliphatic rings. The van der Waals surface area contributed by atoms with Crippen molar-refractivity contribution in [2.24, 2.45) is 0 Å². The SMILES string of the molecule is Cc1ccc(C(=O)c2cccc(-c3ccccc3)c2-c2ccccc2)c(C)c1C. The van der Waals surface area contributed by atoms with Crippen LogP contribution in [0.2, 0.25) is 0 Å². The van der Waals surface area contributed by atoms with E-state index >= 15 is 0 Å². The van der Waals surface area contributed by atoms with Crippen molar-refractivity contribution >= 4 is 5.78 Å². The molecule has 0 aliphatic heterocycles. The largest absolute Gasteiger partial charge is 0.289 e. The second-order valence-corrected chi connectivity index (χ2v) is 7.47. The predicted molar refractivity (Wildman–Crippen MR) is 121 cm³/mol. The number of benzene rings is 4. The zero-order valence-corrected chi connectivity index (χ0v) is 17.1. The van der Waals surface area contributed by atoms with Gasteiger partial charge in [-0.3, -0.25) is 4.79 Å². The molecule has 0 atom stereocenters. The zero-order valence-electron chi connectivity index (χ0n) is 17.1. The summed E-state index contributed by atoms with van der Waals surface area (Å²) in [6.07, 6.45) is 0. The quantitative estimate of drug-likeness (QED) is 0.345. The molecule has 1 heteroatoms. The Morgan fingerprint density at radius 1 is 0.552 bits per heavy atom. The Hall–Kier alpha value is -3.45. The highest BCUT2D eigenvalue weighted by molar-refractivity contribution is 6.15. The Labute approximate surface area is 172 Å². The lowest BCUT2D eigenvalue weighted by Gasteiger charge is -2.17. The molecule has 0 aliphatic carbocycles. The summed E-state index contributed by atoms with van der Waals surface area (Å²) in [6, 6.07) is 30.5. The Kier molecular flexibility index (Phi) is 5.14. The fourth-order valence-electron chi connectivity index (χ4n) is 3.86. The maximum Gasteiger partial charge on any atom is 0.193 e. The number of hydrogen-bond donors (Lipinski definition) is 0. The van der Waals surface area contributed by atoms with Gasteiger partial charge in [0.15, 0.2) is 5.78 Å². The van der Waals surface area contributed by atoms with Crippen LogP contribution in [0.4, 0.5) is 0 Å². The van der Waals surface area contributed by atoms with Gasteiger partial charge in [-0.2, -0.15) is 0 Å². The Morgan fingerprint density at radius 2 is 1.17 bits per heavy atom. The van der Waals surface area contributed by atoms with Gasteiger partial charge in [0.05, 0.1) is 0 Å². The van der Waals surface area contributed by atoms with E-state index in [1.807, 2.05) is 67.6 Å². The third kappa shape index (κ3) is 3.52. The standard InChI is InChI=1S/C28H24O/c1-19-17-18-24(21(3)20(19)2)28(29)26-16-10-15-25(22-11-6-4-7-12-22)27(26)23-13-8-5-9-14-23/h4-18H,1-3H3. The fraction of sp³-hybridized carbons (Fsp3) is 0.107. The van der Waals surface area contributed by atoms with Crippen LogP contribution >= 0.6 is 0 Å². The van der Waals surface area contributed by atoms with E-state index in [2.05, 4.69) is 44.2 Å². The molecule has 0 spiro atoms. The molecule has 29 heavy (non-hydrogen) atoms. The van der Waals surface area contributed by atoms with Gasteiger partial charge in [-0.15, -0.1) is 0 Å². The molecule has 4 aromatic carbocycles. The molecular weight excluding hydrogens is 352 g/mol. The summed E-state index contributed by atoms with van der Waals surface area (Å²) in [5.41, 5.74) is 9.18. The lowest BCUT2D eigenvalue weighted by atomic mass is 9.86. The maximum absolute atomic E-state index is 13.7. The summed E-state index contributed by atoms with van der Waals surface area (Å²) in [4.78, 5) is 13.7. The van der Waals surface area contributed by atoms with Crippen LogP contribution in [-0.2, 0) is 0 Å². The van der Waals surface area contributed by atoms with Crippen LogP contribution in [0.5, 0.6) is 0 Å². The van der Waals surface area contributed by atoms with Gasteiger partial charge in [0.2, 0.25) is 0 Å². The highest BCUT2D eigenvalue weighted by Crippen LogP contribution is 2.36. The lowest BCUT2D eigenvalue weighted by molar-refractivity contribution is 0.103. The monoisotopic (exact) mass is 376 g/mol. The first kappa shape index (κ1) is 18.9. The third-order valence-corrected chi connectivity index (χ3v) is 5.76. The topological polar surface area (TPSA) is 17.1 Å². The molecule has 1 nitrogen and oxygen atoms in total. The molecule has 0 bridgehead atoms. The Balaban J connectivity index is 1.97. The van der Waals surface area contributed by atoms with E-state index in [9.17, 15) is 4.79 Å². The first-order chi connectivity index (χ1) is 14.1. The van der Waals surface area contributed by atoms with Gasteiger partial charge >= 0.3 is 0 Å². The number of hydrogen-bond acceptors (Lipinski definition) is 1. The molecule has 0 fully saturated rings. The van der Waals surface area contributed by atoms with Crippen molar-refractivity contribution in [3.63, 3.8) is 0 Å². The van der Waals surface area contributed by atoms with E-state index < -0.39 is 0 Å². The van der Waals surface area contributed by atoms with Crippen molar-refractivity contribution in [1.29, 1.82) is 0 Å². The van der Waals surface area contributed by atoms with Crippen LogP contribution in [0.25, 0.3) is 22.3 Å². The van der Waals surface area contributed by atoms with Crippen molar-refractivity contribution < 1.29 is 4.79 Å². The highest BCUT2D eigenvalue weighted by Gasteiger charge is 2.20. The number of ketones is 1. The van der Waals surface area contributed by atoms with Gasteiger partial charge in [-0.05, 0) is 54.2 Å². The van der Waals surface area contributed by atoms with Crippen LogP contribution in [0.3, 0.4) is 0 Å². The van der Waals surface area contributed by atoms with Crippen molar-refractivity contribution in [1.82, 2.24) is 0 Å². The van der Waals surface area contributed by atoms with Crippen molar-refractivity contribution in [3.8, 4) is 22.3 Å². The second kappa shape index (κ2) is 7.89. The van der Waals surface area contributed by atoms with Crippen molar-refractivity contribution in [2.45, 2.75) is 20.8 Å². The second-order valence-electron chi connectivity index (χ2n) is 7.47. The molecule has 4 rings (SSSR count). The van der Waals surface area contributed by atoms with E-state index in [1.54, 1.807) is 0 Å². The summed E-state index contributed by atoms with van der Waals surface area (Å²) in [5, 5.41) is 0. The van der Waals surface area contributed by atoms with Crippen LogP contribution < -0.4 is 0 Å². The Morgan fingerprint density at radius 3 is 1.83 bits per heavy atom. The fourth-order valence-corrected chi connectivity index (χ4v) is 3.86. The van der Waals surface area contributed by atoms with Crippen LogP contribution in [0.15, 0.2) is 91.0 Å². The van der Waals surface area contributed by atoms with E-state index in [1.165, 1.54) is 11.1 Å². The molecule has 0 N–H and O–H groups in total. The minimum absolute atomic E-state index is 0.0715. The summed E-state index contributed by atoms with van der Waals surface area (Å²) < 4.78 is 0. The summed E-state index contributed by atoms with van der Waals surface area (Å²) in [7, 11) is 0. The molecule has 0 unspecified atom stereocenters. The number of rotatable bonds is 4. The van der Waals surface area contributed by atoms with Gasteiger partial charge in [0.1, 0.15) is 0 Å². The number of carbonyl (C=O) groups is 1. The molecular formula is C28H24O. The molecule has 0 radical (unpaired) electrons. The van der Waals surface area contributed by atoms with Crippen LogP contribution in [0, 0.1) is 20.8 Å². The summed E-state index contributed by atoms with van der Waals surface area (Å²) in [5.74, 6) is 0.0715. The van der Waals surface area contributed by atoms with Crippen LogP contribution in [-0.4, -0.2) is 5.78 Å². The molecule has 0 heterocycles. The van der Waals surface area contributed by atoms with Gasteiger partial charge in [0, 0.05) is 16.7 Å². The van der Waals surface area contributed by atoms with Gasteiger partial charge < -0.3 is 0 Å². The Bertz CT molecular complexity index is 1170. The molecule has 142 valence electrons. The molecule has 0 saturated heterocycles. The van der Waals surface area contributed by atoms with E-state index in [0.717, 1.165) is 38.9 Å². The molecule has 4 aromatic rings. The summed E-state index contributed by atoms with van der Waals surface area (Å²) >= 11 is 0. The normalized spacial score (nSPS) is 10.7. The van der Waals surface area contributed by atoms with Crippen molar-refractivity contribution in [2.75, 3.05) is 0 Å². The minimum atomic E-state index is 0.0715. The lowest BCUT2D eigenvalue weighted by Crippen LogP contribution is -2.08. The van der Waals surface area contributed by atoms with Gasteiger partial charge in [-0.1, -0.05) is 91.0 Å². The van der Waals surface area contributed by atoms with Gasteiger partial charge in [0.25, 0.3) is 0 Å². The summed E-state index contributed by atoms with van der Waals surface area (Å²) in [6.45, 7) is 6.21. The maximum atomic E-state index is 13.7. The highest BCUT2D eigenvalue weighted by atomic mass is 16.1. The van der Waals surface area contributed by atoms with Crippen LogP contribution in [0.1, 0.15) is 32.6 Å². The minimum Gasteiger partial charge on any atom is -0.289 e. The molecule has 0 aromatic heterocycles. The first-order valence-corrected chi connectivity index (χ1v) is 9.93. The van der Waals surface area contributed by atoms with E-state index in [4.69, 9.17) is 0 Å². The number of carbonyl (C=O) groups excluding carboxylic acids is 1. The molecule has 0 saturated carbocycles. The van der Waals surface area contributed by atoms with E-state index in [0.29, 0.717) is 0 Å². The predicted octanol–water partition coefficient (Wildman–Crippen LogP) is 7.18. The van der Waals surface area contributed by atoms with E-state index in [-0.39, 0.29) is 5.78 Å². The average Bonchev–Trinajstić information content (AvgIpc) is 2.78. The first-order valence-electron chi connectivity index (χ1n) is 9.93. The zero-order chi connectivity index (χ0) is 20.4. The third-order valence-electron chi connectivity index (χ3n) is 5.76. The number of aryl methyl sites for hydroxylation is 1. The average molecular weight is 376 g/mol. The van der Waals surface area contributed by atoms with Gasteiger partial charge in [-0.25, -0.2) is 0 Å².